The van der Waals surface area contributed by atoms with Crippen LogP contribution in [0.2, 0.25) is 0 Å². The predicted octanol–water partition coefficient (Wildman–Crippen LogP) is 4.64. The summed E-state index contributed by atoms with van der Waals surface area (Å²) in [5.41, 5.74) is 1.26. The van der Waals surface area contributed by atoms with E-state index in [1.807, 2.05) is 11.3 Å². The van der Waals surface area contributed by atoms with Gasteiger partial charge in [0.2, 0.25) is 0 Å². The Morgan fingerprint density at radius 1 is 1.10 bits per heavy atom. The average Bonchev–Trinajstić information content (AvgIpc) is 2.78. The highest BCUT2D eigenvalue weighted by Crippen LogP contribution is 2.31. The van der Waals surface area contributed by atoms with E-state index in [1.165, 1.54) is 17.0 Å². The summed E-state index contributed by atoms with van der Waals surface area (Å²) in [5.74, 6) is 1.20. The highest BCUT2D eigenvalue weighted by Gasteiger charge is 2.19. The second kappa shape index (κ2) is 8.14. The molecular formula is C17H33N3S. The van der Waals surface area contributed by atoms with E-state index in [0.29, 0.717) is 23.9 Å². The molecule has 0 aliphatic rings. The van der Waals surface area contributed by atoms with E-state index in [9.17, 15) is 0 Å². The minimum absolute atomic E-state index is 0.479. The van der Waals surface area contributed by atoms with Crippen molar-refractivity contribution >= 4 is 16.5 Å². The van der Waals surface area contributed by atoms with E-state index in [-0.39, 0.29) is 0 Å². The minimum Gasteiger partial charge on any atom is -0.348 e. The van der Waals surface area contributed by atoms with E-state index >= 15 is 0 Å². The summed E-state index contributed by atoms with van der Waals surface area (Å²) in [5, 5.41) is 4.68. The van der Waals surface area contributed by atoms with Crippen LogP contribution in [0.3, 0.4) is 0 Å². The Kier molecular flexibility index (Phi) is 7.14. The number of rotatable bonds is 8. The molecule has 0 aromatic carbocycles. The summed E-state index contributed by atoms with van der Waals surface area (Å²) in [7, 11) is 2.18. The third kappa shape index (κ3) is 5.59. The summed E-state index contributed by atoms with van der Waals surface area (Å²) in [6.07, 6.45) is 1.20. The highest BCUT2D eigenvalue weighted by molar-refractivity contribution is 7.15. The zero-order valence-corrected chi connectivity index (χ0v) is 15.8. The first kappa shape index (κ1) is 18.4. The van der Waals surface area contributed by atoms with Gasteiger partial charge in [0, 0.05) is 30.6 Å². The molecule has 4 heteroatoms. The molecule has 1 N–H and O–H groups in total. The fraction of sp³-hybridized carbons (Fsp3) is 0.824. The number of hydrogen-bond donors (Lipinski definition) is 1. The Bertz CT molecular complexity index is 424. The van der Waals surface area contributed by atoms with Gasteiger partial charge in [0.15, 0.2) is 5.13 Å². The number of aromatic nitrogens is 1. The maximum atomic E-state index is 4.92. The Labute approximate surface area is 135 Å². The predicted molar refractivity (Wildman–Crippen MR) is 95.5 cm³/mol. The number of thiazole rings is 1. The monoisotopic (exact) mass is 311 g/mol. The second-order valence-corrected chi connectivity index (χ2v) is 8.15. The number of nitrogens with zero attached hydrogens (tertiary/aromatic N) is 2. The van der Waals surface area contributed by atoms with Crippen molar-refractivity contribution in [2.24, 2.45) is 5.92 Å². The van der Waals surface area contributed by atoms with Gasteiger partial charge in [-0.3, -0.25) is 0 Å². The van der Waals surface area contributed by atoms with Gasteiger partial charge in [-0.2, -0.15) is 0 Å². The van der Waals surface area contributed by atoms with Gasteiger partial charge in [-0.1, -0.05) is 41.5 Å². The largest absolute Gasteiger partial charge is 0.348 e. The highest BCUT2D eigenvalue weighted by atomic mass is 32.1. The van der Waals surface area contributed by atoms with Gasteiger partial charge in [0.05, 0.1) is 5.69 Å². The van der Waals surface area contributed by atoms with Gasteiger partial charge in [0.25, 0.3) is 0 Å². The molecule has 0 fully saturated rings. The van der Waals surface area contributed by atoms with Crippen LogP contribution >= 0.6 is 11.3 Å². The lowest BCUT2D eigenvalue weighted by molar-refractivity contribution is 0.503. The molecule has 0 radical (unpaired) electrons. The Hall–Kier alpha value is -0.610. The fourth-order valence-electron chi connectivity index (χ4n) is 2.40. The molecule has 0 amide bonds. The van der Waals surface area contributed by atoms with Crippen molar-refractivity contribution in [2.75, 3.05) is 11.9 Å². The molecule has 0 saturated heterocycles. The molecule has 0 bridgehead atoms. The van der Waals surface area contributed by atoms with Crippen LogP contribution in [0.4, 0.5) is 5.13 Å². The van der Waals surface area contributed by atoms with E-state index in [0.717, 1.165) is 11.7 Å². The quantitative estimate of drug-likeness (QED) is 0.758. The van der Waals surface area contributed by atoms with Crippen molar-refractivity contribution in [1.82, 2.24) is 10.3 Å². The van der Waals surface area contributed by atoms with Crippen LogP contribution in [0.5, 0.6) is 0 Å². The zero-order chi connectivity index (χ0) is 16.2. The standard InChI is InChI=1S/C17H33N3S/c1-11(2)9-14(7)20(8)17-19-16(12(3)4)15(21-17)10-18-13(5)6/h11-14,18H,9-10H2,1-8H3. The van der Waals surface area contributed by atoms with Crippen LogP contribution in [0.15, 0.2) is 0 Å². The topological polar surface area (TPSA) is 28.2 Å². The third-order valence-electron chi connectivity index (χ3n) is 3.71. The van der Waals surface area contributed by atoms with Crippen molar-refractivity contribution in [3.8, 4) is 0 Å². The van der Waals surface area contributed by atoms with Gasteiger partial charge in [-0.05, 0) is 25.2 Å². The number of hydrogen-bond acceptors (Lipinski definition) is 4. The Balaban J connectivity index is 2.90. The van der Waals surface area contributed by atoms with Crippen LogP contribution in [0, 0.1) is 5.92 Å². The van der Waals surface area contributed by atoms with Crippen molar-refractivity contribution in [3.05, 3.63) is 10.6 Å². The van der Waals surface area contributed by atoms with Gasteiger partial charge in [0.1, 0.15) is 0 Å². The maximum absolute atomic E-state index is 4.92. The van der Waals surface area contributed by atoms with Crippen LogP contribution in [-0.2, 0) is 6.54 Å². The van der Waals surface area contributed by atoms with E-state index < -0.39 is 0 Å². The van der Waals surface area contributed by atoms with E-state index in [1.54, 1.807) is 0 Å². The average molecular weight is 312 g/mol. The molecule has 3 nitrogen and oxygen atoms in total. The first-order valence-corrected chi connectivity index (χ1v) is 8.99. The van der Waals surface area contributed by atoms with Crippen LogP contribution in [-0.4, -0.2) is 24.1 Å². The number of anilines is 1. The summed E-state index contributed by atoms with van der Waals surface area (Å²) >= 11 is 1.85. The van der Waals surface area contributed by atoms with Crippen molar-refractivity contribution in [3.63, 3.8) is 0 Å². The third-order valence-corrected chi connectivity index (χ3v) is 4.87. The van der Waals surface area contributed by atoms with Gasteiger partial charge >= 0.3 is 0 Å². The lowest BCUT2D eigenvalue weighted by Crippen LogP contribution is -2.29. The lowest BCUT2D eigenvalue weighted by atomic mass is 10.0. The van der Waals surface area contributed by atoms with Gasteiger partial charge in [-0.15, -0.1) is 11.3 Å². The smallest absolute Gasteiger partial charge is 0.185 e. The molecule has 0 aliphatic carbocycles. The van der Waals surface area contributed by atoms with Crippen LogP contribution < -0.4 is 10.2 Å². The molecule has 1 aromatic heterocycles. The van der Waals surface area contributed by atoms with Crippen LogP contribution in [0.1, 0.15) is 71.4 Å². The fourth-order valence-corrected chi connectivity index (χ4v) is 3.63. The molecule has 1 heterocycles. The molecular weight excluding hydrogens is 278 g/mol. The molecule has 1 atom stereocenters. The first-order valence-electron chi connectivity index (χ1n) is 8.18. The molecule has 1 aromatic rings. The number of nitrogens with one attached hydrogen (secondary N) is 1. The second-order valence-electron chi connectivity index (χ2n) is 7.08. The molecule has 1 unspecified atom stereocenters. The maximum Gasteiger partial charge on any atom is 0.185 e. The molecule has 0 spiro atoms. The lowest BCUT2D eigenvalue weighted by Gasteiger charge is -2.25. The molecule has 0 aliphatic heterocycles. The first-order chi connectivity index (χ1) is 9.72. The van der Waals surface area contributed by atoms with Crippen molar-refractivity contribution < 1.29 is 0 Å². The van der Waals surface area contributed by atoms with Gasteiger partial charge < -0.3 is 10.2 Å². The van der Waals surface area contributed by atoms with E-state index in [4.69, 9.17) is 4.98 Å². The molecule has 21 heavy (non-hydrogen) atoms. The van der Waals surface area contributed by atoms with Crippen LogP contribution in [0.25, 0.3) is 0 Å². The summed E-state index contributed by atoms with van der Waals surface area (Å²) < 4.78 is 0. The minimum atomic E-state index is 0.479. The SMILES string of the molecule is CC(C)CC(C)N(C)c1nc(C(C)C)c(CNC(C)C)s1. The zero-order valence-electron chi connectivity index (χ0n) is 15.0. The summed E-state index contributed by atoms with van der Waals surface area (Å²) in [6, 6.07) is 1.04. The molecule has 0 saturated carbocycles. The Morgan fingerprint density at radius 3 is 2.19 bits per heavy atom. The normalized spacial score (nSPS) is 13.5. The molecule has 122 valence electrons. The molecule has 1 rings (SSSR count). The van der Waals surface area contributed by atoms with Crippen molar-refractivity contribution in [1.29, 1.82) is 0 Å². The Morgan fingerprint density at radius 2 is 1.71 bits per heavy atom. The summed E-state index contributed by atoms with van der Waals surface area (Å²) in [4.78, 5) is 8.65. The van der Waals surface area contributed by atoms with Gasteiger partial charge in [-0.25, -0.2) is 4.98 Å². The summed E-state index contributed by atoms with van der Waals surface area (Å²) in [6.45, 7) is 16.6. The van der Waals surface area contributed by atoms with Crippen molar-refractivity contribution in [2.45, 2.75) is 79.4 Å². The van der Waals surface area contributed by atoms with E-state index in [2.05, 4.69) is 65.7 Å².